The highest BCUT2D eigenvalue weighted by atomic mass is 35.5. The van der Waals surface area contributed by atoms with E-state index in [2.05, 4.69) is 4.98 Å². The molecule has 2 unspecified atom stereocenters. The molecule has 1 aromatic heterocycles. The molecule has 0 bridgehead atoms. The van der Waals surface area contributed by atoms with Crippen molar-refractivity contribution in [2.75, 3.05) is 19.8 Å². The smallest absolute Gasteiger partial charge is 0.328 e. The maximum atomic E-state index is 13.5. The van der Waals surface area contributed by atoms with E-state index in [4.69, 9.17) is 21.1 Å². The molecule has 0 radical (unpaired) electrons. The van der Waals surface area contributed by atoms with Gasteiger partial charge in [-0.1, -0.05) is 11.6 Å². The predicted octanol–water partition coefficient (Wildman–Crippen LogP) is 3.07. The lowest BCUT2D eigenvalue weighted by Crippen LogP contribution is -2.55. The molecule has 0 saturated carbocycles. The summed E-state index contributed by atoms with van der Waals surface area (Å²) in [6, 6.07) is 7.65. The molecule has 2 atom stereocenters. The molecule has 2 aromatic carbocycles. The lowest BCUT2D eigenvalue weighted by molar-refractivity contribution is -0.161. The molecular weight excluding hydrogens is 455 g/mol. The van der Waals surface area contributed by atoms with Crippen molar-refractivity contribution >= 4 is 34.2 Å². The summed E-state index contributed by atoms with van der Waals surface area (Å²) < 4.78 is 24.4. The molecule has 0 spiro atoms. The van der Waals surface area contributed by atoms with E-state index in [1.165, 1.54) is 42.3 Å². The molecule has 1 fully saturated rings. The fraction of sp³-hybridized carbons (Fsp3) is 0.261. The summed E-state index contributed by atoms with van der Waals surface area (Å²) in [4.78, 5) is 40.6. The first kappa shape index (κ1) is 22.8. The van der Waals surface area contributed by atoms with Crippen molar-refractivity contribution in [2.45, 2.75) is 19.1 Å². The van der Waals surface area contributed by atoms with Crippen molar-refractivity contribution in [1.82, 2.24) is 9.88 Å². The quantitative estimate of drug-likeness (QED) is 0.588. The molecule has 2 N–H and O–H groups in total. The highest BCUT2D eigenvalue weighted by Gasteiger charge is 2.35. The molecule has 1 saturated heterocycles. The summed E-state index contributed by atoms with van der Waals surface area (Å²) >= 11 is 6.20. The minimum atomic E-state index is -1.15. The molecule has 4 rings (SSSR count). The number of halogens is 2. The summed E-state index contributed by atoms with van der Waals surface area (Å²) in [5.41, 5.74) is 0.766. The van der Waals surface area contributed by atoms with Gasteiger partial charge in [-0.2, -0.15) is 0 Å². The number of carbonyl (C=O) groups is 2. The zero-order valence-electron chi connectivity index (χ0n) is 17.5. The lowest BCUT2D eigenvalue weighted by atomic mass is 10.0. The van der Waals surface area contributed by atoms with Gasteiger partial charge in [0.1, 0.15) is 11.6 Å². The van der Waals surface area contributed by atoms with E-state index < -0.39 is 29.8 Å². The third kappa shape index (κ3) is 4.55. The first-order chi connectivity index (χ1) is 15.8. The van der Waals surface area contributed by atoms with Crippen molar-refractivity contribution in [1.29, 1.82) is 0 Å². The Morgan fingerprint density at radius 2 is 2.03 bits per heavy atom. The van der Waals surface area contributed by atoms with Gasteiger partial charge in [-0.25, -0.2) is 9.18 Å². The maximum absolute atomic E-state index is 13.5. The molecule has 172 valence electrons. The number of hydrogen-bond acceptors (Lipinski definition) is 5. The topological polar surface area (TPSA) is 109 Å². The molecular formula is C23H20ClFN2O6. The van der Waals surface area contributed by atoms with Crippen molar-refractivity contribution in [2.24, 2.45) is 0 Å². The van der Waals surface area contributed by atoms with Gasteiger partial charge in [-0.05, 0) is 48.7 Å². The van der Waals surface area contributed by atoms with Gasteiger partial charge in [0.2, 0.25) is 0 Å². The van der Waals surface area contributed by atoms with E-state index in [1.807, 2.05) is 0 Å². The van der Waals surface area contributed by atoms with Gasteiger partial charge in [0.05, 0.1) is 23.6 Å². The number of pyridine rings is 1. The Morgan fingerprint density at radius 3 is 2.76 bits per heavy atom. The van der Waals surface area contributed by atoms with Gasteiger partial charge in [0, 0.05) is 23.9 Å². The third-order valence-corrected chi connectivity index (χ3v) is 5.76. The second-order valence-electron chi connectivity index (χ2n) is 7.58. The molecule has 1 amide bonds. The average Bonchev–Trinajstić information content (AvgIpc) is 2.79. The van der Waals surface area contributed by atoms with E-state index in [-0.39, 0.29) is 36.1 Å². The van der Waals surface area contributed by atoms with Crippen LogP contribution in [0.2, 0.25) is 5.02 Å². The highest BCUT2D eigenvalue weighted by Crippen LogP contribution is 2.33. The van der Waals surface area contributed by atoms with E-state index in [0.717, 1.165) is 0 Å². The Hall–Kier alpha value is -3.43. The van der Waals surface area contributed by atoms with Crippen LogP contribution in [0.3, 0.4) is 0 Å². The Morgan fingerprint density at radius 1 is 1.24 bits per heavy atom. The first-order valence-corrected chi connectivity index (χ1v) is 10.5. The number of carboxylic acid groups (broad SMARTS) is 1. The van der Waals surface area contributed by atoms with Gasteiger partial charge in [0.15, 0.2) is 12.1 Å². The summed E-state index contributed by atoms with van der Waals surface area (Å²) in [5, 5.41) is 10.4. The summed E-state index contributed by atoms with van der Waals surface area (Å²) in [7, 11) is 0. The van der Waals surface area contributed by atoms with E-state index in [0.29, 0.717) is 21.9 Å². The van der Waals surface area contributed by atoms with E-state index in [1.54, 1.807) is 12.1 Å². The number of aliphatic carboxylic acids is 1. The van der Waals surface area contributed by atoms with Crippen LogP contribution in [0.5, 0.6) is 5.75 Å². The molecule has 8 nitrogen and oxygen atoms in total. The molecule has 10 heteroatoms. The molecule has 2 heterocycles. The van der Waals surface area contributed by atoms with Crippen LogP contribution in [-0.4, -0.2) is 58.8 Å². The average molecular weight is 475 g/mol. The van der Waals surface area contributed by atoms with Crippen LogP contribution in [0, 0.1) is 5.82 Å². The summed E-state index contributed by atoms with van der Waals surface area (Å²) in [5.74, 6) is -1.86. The van der Waals surface area contributed by atoms with E-state index in [9.17, 15) is 23.9 Å². The van der Waals surface area contributed by atoms with Crippen molar-refractivity contribution in [3.8, 4) is 16.9 Å². The van der Waals surface area contributed by atoms with Crippen LogP contribution in [0.25, 0.3) is 21.9 Å². The third-order valence-electron chi connectivity index (χ3n) is 5.45. The van der Waals surface area contributed by atoms with Crippen LogP contribution < -0.4 is 10.3 Å². The standard InChI is InChI=1S/C23H20ClFN2O6/c1-12(22(29)27-6-7-32-11-20(27)23(30)31)33-14-3-5-15-17(9-14)21(28)26-10-18(15)16-4-2-13(25)8-19(16)24/h2-5,8-10,12,20H,6-7,11H2,1H3,(H,26,28)(H,30,31). The number of H-pyrrole nitrogens is 1. The summed E-state index contributed by atoms with van der Waals surface area (Å²) in [6.45, 7) is 1.80. The number of ether oxygens (including phenoxy) is 2. The Labute approximate surface area is 192 Å². The Kier molecular flexibility index (Phi) is 6.35. The molecule has 0 aliphatic carbocycles. The lowest BCUT2D eigenvalue weighted by Gasteiger charge is -2.34. The Bertz CT molecular complexity index is 1290. The van der Waals surface area contributed by atoms with Gasteiger partial charge in [0.25, 0.3) is 11.5 Å². The van der Waals surface area contributed by atoms with Crippen molar-refractivity contribution in [3.63, 3.8) is 0 Å². The number of benzene rings is 2. The van der Waals surface area contributed by atoms with Gasteiger partial charge in [-0.3, -0.25) is 9.59 Å². The zero-order valence-corrected chi connectivity index (χ0v) is 18.3. The van der Waals surface area contributed by atoms with Crippen LogP contribution in [0.4, 0.5) is 4.39 Å². The van der Waals surface area contributed by atoms with Gasteiger partial charge < -0.3 is 24.5 Å². The SMILES string of the molecule is CC(Oc1ccc2c(-c3ccc(F)cc3Cl)c[nH]c(=O)c2c1)C(=O)N1CCOCC1C(=O)O. The number of carbonyl (C=O) groups excluding carboxylic acids is 1. The molecule has 33 heavy (non-hydrogen) atoms. The largest absolute Gasteiger partial charge is 0.481 e. The van der Waals surface area contributed by atoms with Crippen molar-refractivity contribution < 1.29 is 28.6 Å². The predicted molar refractivity (Wildman–Crippen MR) is 119 cm³/mol. The minimum Gasteiger partial charge on any atom is -0.481 e. The first-order valence-electron chi connectivity index (χ1n) is 10.1. The summed E-state index contributed by atoms with van der Waals surface area (Å²) in [6.07, 6.45) is 0.511. The number of nitrogens with zero attached hydrogens (tertiary/aromatic N) is 1. The molecule has 3 aromatic rings. The normalized spacial score (nSPS) is 17.1. The zero-order chi connectivity index (χ0) is 23.7. The number of nitrogens with one attached hydrogen (secondary N) is 1. The number of hydrogen-bond donors (Lipinski definition) is 2. The number of amides is 1. The number of fused-ring (bicyclic) bond motifs is 1. The van der Waals surface area contributed by atoms with Crippen LogP contribution >= 0.6 is 11.6 Å². The number of aromatic amines is 1. The number of morpholine rings is 1. The second kappa shape index (κ2) is 9.21. The Balaban J connectivity index is 1.63. The van der Waals surface area contributed by atoms with E-state index >= 15 is 0 Å². The number of aromatic nitrogens is 1. The fourth-order valence-corrected chi connectivity index (χ4v) is 4.07. The van der Waals surface area contributed by atoms with Gasteiger partial charge in [-0.15, -0.1) is 0 Å². The molecule has 1 aliphatic rings. The van der Waals surface area contributed by atoms with Crippen molar-refractivity contribution in [3.05, 3.63) is 63.8 Å². The van der Waals surface area contributed by atoms with Crippen LogP contribution in [-0.2, 0) is 14.3 Å². The number of rotatable bonds is 5. The van der Waals surface area contributed by atoms with Gasteiger partial charge >= 0.3 is 5.97 Å². The van der Waals surface area contributed by atoms with Crippen LogP contribution in [0.1, 0.15) is 6.92 Å². The minimum absolute atomic E-state index is 0.0894. The maximum Gasteiger partial charge on any atom is 0.328 e. The molecule has 1 aliphatic heterocycles. The highest BCUT2D eigenvalue weighted by molar-refractivity contribution is 6.33. The van der Waals surface area contributed by atoms with Crippen LogP contribution in [0.15, 0.2) is 47.4 Å². The second-order valence-corrected chi connectivity index (χ2v) is 7.99. The fourth-order valence-electron chi connectivity index (χ4n) is 3.80. The monoisotopic (exact) mass is 474 g/mol. The number of carboxylic acids is 1.